The molecule has 0 amide bonds. The molecule has 1 aromatic carbocycles. The Bertz CT molecular complexity index is 525. The molecule has 1 fully saturated rings. The molecule has 0 radical (unpaired) electrons. The summed E-state index contributed by atoms with van der Waals surface area (Å²) in [5, 5.41) is 3.09. The Morgan fingerprint density at radius 1 is 1.44 bits per heavy atom. The number of benzene rings is 1. The average Bonchev–Trinajstić information content (AvgIpc) is 2.62. The standard InChI is InChI=1S/C13H19NO3S/c1-10-3-4-13(11(7-10)8-14-2)17-12-5-6-18(15,16)9-12/h3-4,7,12,14H,5-6,8-9H2,1-2H3. The van der Waals surface area contributed by atoms with Crippen molar-refractivity contribution in [3.05, 3.63) is 29.3 Å². The number of rotatable bonds is 4. The Labute approximate surface area is 108 Å². The lowest BCUT2D eigenvalue weighted by molar-refractivity contribution is 0.226. The second-order valence-corrected chi connectivity index (χ2v) is 7.01. The van der Waals surface area contributed by atoms with Crippen LogP contribution in [0.4, 0.5) is 0 Å². The lowest BCUT2D eigenvalue weighted by Gasteiger charge is -2.16. The molecule has 1 aliphatic rings. The van der Waals surface area contributed by atoms with Crippen LogP contribution in [0.25, 0.3) is 0 Å². The van der Waals surface area contributed by atoms with Crippen LogP contribution >= 0.6 is 0 Å². The fourth-order valence-corrected chi connectivity index (χ4v) is 3.78. The van der Waals surface area contributed by atoms with E-state index in [1.165, 1.54) is 5.56 Å². The number of hydrogen-bond acceptors (Lipinski definition) is 4. The monoisotopic (exact) mass is 269 g/mol. The second kappa shape index (κ2) is 5.28. The Hall–Kier alpha value is -1.07. The van der Waals surface area contributed by atoms with Crippen molar-refractivity contribution < 1.29 is 13.2 Å². The van der Waals surface area contributed by atoms with Gasteiger partial charge in [-0.1, -0.05) is 17.7 Å². The third-order valence-corrected chi connectivity index (χ3v) is 4.80. The number of sulfone groups is 1. The minimum atomic E-state index is -2.89. The van der Waals surface area contributed by atoms with Crippen LogP contribution in [-0.4, -0.2) is 33.1 Å². The fraction of sp³-hybridized carbons (Fsp3) is 0.538. The van der Waals surface area contributed by atoms with E-state index in [1.54, 1.807) is 0 Å². The van der Waals surface area contributed by atoms with Crippen molar-refractivity contribution in [3.8, 4) is 5.75 Å². The van der Waals surface area contributed by atoms with Crippen LogP contribution in [0.2, 0.25) is 0 Å². The van der Waals surface area contributed by atoms with Gasteiger partial charge < -0.3 is 10.1 Å². The molecule has 0 aliphatic carbocycles. The molecule has 100 valence electrons. The van der Waals surface area contributed by atoms with Gasteiger partial charge in [-0.3, -0.25) is 0 Å². The van der Waals surface area contributed by atoms with Crippen molar-refractivity contribution >= 4 is 9.84 Å². The van der Waals surface area contributed by atoms with E-state index in [0.29, 0.717) is 6.42 Å². The molecular formula is C13H19NO3S. The third kappa shape index (κ3) is 3.23. The fourth-order valence-electron chi connectivity index (χ4n) is 2.19. The first-order valence-corrected chi connectivity index (χ1v) is 7.93. The summed E-state index contributed by atoms with van der Waals surface area (Å²) < 4.78 is 28.6. The van der Waals surface area contributed by atoms with Crippen molar-refractivity contribution in [2.45, 2.75) is 26.0 Å². The molecule has 1 aromatic rings. The summed E-state index contributed by atoms with van der Waals surface area (Å²) >= 11 is 0. The molecule has 2 rings (SSSR count). The molecular weight excluding hydrogens is 250 g/mol. The smallest absolute Gasteiger partial charge is 0.154 e. The van der Waals surface area contributed by atoms with E-state index in [2.05, 4.69) is 11.4 Å². The minimum Gasteiger partial charge on any atom is -0.489 e. The summed E-state index contributed by atoms with van der Waals surface area (Å²) in [5.74, 6) is 1.17. The average molecular weight is 269 g/mol. The van der Waals surface area contributed by atoms with Crippen molar-refractivity contribution in [1.82, 2.24) is 5.32 Å². The molecule has 0 spiro atoms. The maximum atomic E-state index is 11.4. The van der Waals surface area contributed by atoms with Crippen LogP contribution in [0, 0.1) is 6.92 Å². The first-order valence-electron chi connectivity index (χ1n) is 6.11. The highest BCUT2D eigenvalue weighted by atomic mass is 32.2. The van der Waals surface area contributed by atoms with Crippen molar-refractivity contribution in [2.75, 3.05) is 18.6 Å². The number of hydrogen-bond donors (Lipinski definition) is 1. The van der Waals surface area contributed by atoms with Crippen LogP contribution in [0.1, 0.15) is 17.5 Å². The zero-order valence-corrected chi connectivity index (χ0v) is 11.6. The van der Waals surface area contributed by atoms with Gasteiger partial charge in [-0.2, -0.15) is 0 Å². The Kier molecular flexibility index (Phi) is 3.92. The van der Waals surface area contributed by atoms with Crippen molar-refractivity contribution in [2.24, 2.45) is 0 Å². The van der Waals surface area contributed by atoms with Gasteiger partial charge >= 0.3 is 0 Å². The highest BCUT2D eigenvalue weighted by Crippen LogP contribution is 2.24. The summed E-state index contributed by atoms with van der Waals surface area (Å²) in [5.41, 5.74) is 2.24. The quantitative estimate of drug-likeness (QED) is 0.894. The Morgan fingerprint density at radius 2 is 2.22 bits per heavy atom. The lowest BCUT2D eigenvalue weighted by atomic mass is 10.1. The van der Waals surface area contributed by atoms with Gasteiger partial charge in [0.1, 0.15) is 11.9 Å². The van der Waals surface area contributed by atoms with Gasteiger partial charge in [0.25, 0.3) is 0 Å². The summed E-state index contributed by atoms with van der Waals surface area (Å²) in [6.45, 7) is 2.75. The Balaban J connectivity index is 2.14. The maximum Gasteiger partial charge on any atom is 0.154 e. The normalized spacial score (nSPS) is 22.0. The van der Waals surface area contributed by atoms with Gasteiger partial charge in [-0.05, 0) is 26.5 Å². The lowest BCUT2D eigenvalue weighted by Crippen LogP contribution is -2.19. The van der Waals surface area contributed by atoms with E-state index in [1.807, 2.05) is 26.1 Å². The van der Waals surface area contributed by atoms with Gasteiger partial charge in [-0.15, -0.1) is 0 Å². The number of aryl methyl sites for hydroxylation is 1. The third-order valence-electron chi connectivity index (χ3n) is 3.07. The summed E-state index contributed by atoms with van der Waals surface area (Å²) in [6, 6.07) is 5.97. The van der Waals surface area contributed by atoms with Crippen LogP contribution in [0.3, 0.4) is 0 Å². The molecule has 1 saturated heterocycles. The first kappa shape index (κ1) is 13.4. The summed E-state index contributed by atoms with van der Waals surface area (Å²) in [7, 11) is -1.01. The molecule has 5 heteroatoms. The van der Waals surface area contributed by atoms with Crippen LogP contribution in [-0.2, 0) is 16.4 Å². The molecule has 0 bridgehead atoms. The second-order valence-electron chi connectivity index (χ2n) is 4.78. The van der Waals surface area contributed by atoms with E-state index in [9.17, 15) is 8.42 Å². The predicted molar refractivity (Wildman–Crippen MR) is 71.6 cm³/mol. The zero-order valence-electron chi connectivity index (χ0n) is 10.8. The van der Waals surface area contributed by atoms with Crippen LogP contribution in [0.15, 0.2) is 18.2 Å². The molecule has 1 N–H and O–H groups in total. The summed E-state index contributed by atoms with van der Waals surface area (Å²) in [4.78, 5) is 0. The van der Waals surface area contributed by atoms with Gasteiger partial charge in [0.05, 0.1) is 11.5 Å². The van der Waals surface area contributed by atoms with E-state index in [-0.39, 0.29) is 17.6 Å². The van der Waals surface area contributed by atoms with E-state index in [0.717, 1.165) is 17.9 Å². The molecule has 0 saturated carbocycles. The van der Waals surface area contributed by atoms with Crippen LogP contribution in [0.5, 0.6) is 5.75 Å². The first-order chi connectivity index (χ1) is 8.50. The summed E-state index contributed by atoms with van der Waals surface area (Å²) in [6.07, 6.45) is 0.392. The highest BCUT2D eigenvalue weighted by molar-refractivity contribution is 7.91. The topological polar surface area (TPSA) is 55.4 Å². The van der Waals surface area contributed by atoms with Crippen molar-refractivity contribution in [1.29, 1.82) is 0 Å². The molecule has 18 heavy (non-hydrogen) atoms. The molecule has 1 heterocycles. The molecule has 1 aliphatic heterocycles. The highest BCUT2D eigenvalue weighted by Gasteiger charge is 2.29. The van der Waals surface area contributed by atoms with Crippen molar-refractivity contribution in [3.63, 3.8) is 0 Å². The largest absolute Gasteiger partial charge is 0.489 e. The van der Waals surface area contributed by atoms with E-state index < -0.39 is 9.84 Å². The predicted octanol–water partition coefficient (Wildman–Crippen LogP) is 1.28. The van der Waals surface area contributed by atoms with E-state index in [4.69, 9.17) is 4.74 Å². The van der Waals surface area contributed by atoms with Crippen LogP contribution < -0.4 is 10.1 Å². The SMILES string of the molecule is CNCc1cc(C)ccc1OC1CCS(=O)(=O)C1. The number of ether oxygens (including phenoxy) is 1. The zero-order chi connectivity index (χ0) is 13.2. The van der Waals surface area contributed by atoms with Gasteiger partial charge in [0.2, 0.25) is 0 Å². The van der Waals surface area contributed by atoms with Gasteiger partial charge in [0, 0.05) is 12.1 Å². The maximum absolute atomic E-state index is 11.4. The molecule has 4 nitrogen and oxygen atoms in total. The van der Waals surface area contributed by atoms with Gasteiger partial charge in [-0.25, -0.2) is 8.42 Å². The minimum absolute atomic E-state index is 0.139. The molecule has 1 atom stereocenters. The molecule has 1 unspecified atom stereocenters. The van der Waals surface area contributed by atoms with Gasteiger partial charge in [0.15, 0.2) is 9.84 Å². The van der Waals surface area contributed by atoms with E-state index >= 15 is 0 Å². The number of nitrogens with one attached hydrogen (secondary N) is 1. The molecule has 0 aromatic heterocycles. The Morgan fingerprint density at radius 3 is 2.83 bits per heavy atom.